The Morgan fingerprint density at radius 1 is 1.17 bits per heavy atom. The summed E-state index contributed by atoms with van der Waals surface area (Å²) in [5.41, 5.74) is -0.477. The molecule has 3 aromatic rings. The number of methoxy groups -OCH3 is 1. The molecular formula is C35H44F4N4O3. The van der Waals surface area contributed by atoms with Crippen LogP contribution in [0.5, 0.6) is 0 Å². The second-order valence-corrected chi connectivity index (χ2v) is 12.9. The SMILES string of the molecule is CCCC(=O)CNCc1cccc(-n2ncc3c(NCC(O)(CC(C)(C)C4=C(OC)C=CC(F)C4C)C(F)(F)F)cc(C)cc32)c1. The third-order valence-electron chi connectivity index (χ3n) is 8.58. The van der Waals surface area contributed by atoms with Crippen LogP contribution in [0.15, 0.2) is 66.1 Å². The maximum Gasteiger partial charge on any atom is 0.418 e. The van der Waals surface area contributed by atoms with Crippen molar-refractivity contribution in [1.82, 2.24) is 15.1 Å². The van der Waals surface area contributed by atoms with E-state index >= 15 is 0 Å². The molecule has 0 spiro atoms. The molecule has 3 N–H and O–H groups in total. The van der Waals surface area contributed by atoms with Crippen LogP contribution in [0.25, 0.3) is 16.6 Å². The number of benzene rings is 2. The molecule has 250 valence electrons. The number of allylic oxidation sites excluding steroid dienone is 3. The highest BCUT2D eigenvalue weighted by molar-refractivity contribution is 5.93. The summed E-state index contributed by atoms with van der Waals surface area (Å²) in [7, 11) is 1.39. The lowest BCUT2D eigenvalue weighted by Gasteiger charge is -2.42. The number of rotatable bonds is 14. The topological polar surface area (TPSA) is 88.4 Å². The standard InChI is InChI=1S/C35H44F4N4O3/c1-7-9-26(44)18-40-17-24-10-8-11-25(16-24)43-30-15-22(2)14-29(27(30)19-42-43)41-21-34(45,35(37,38)39)20-33(4,5)32-23(3)28(36)12-13-31(32)46-6/h8,10-16,19,23,28,40-41,45H,7,9,17-18,20-21H2,1-6H3. The van der Waals surface area contributed by atoms with E-state index in [0.29, 0.717) is 40.9 Å². The molecule has 1 aliphatic carbocycles. The van der Waals surface area contributed by atoms with Crippen molar-refractivity contribution in [2.75, 3.05) is 25.5 Å². The number of halogens is 4. The van der Waals surface area contributed by atoms with Gasteiger partial charge in [-0.2, -0.15) is 18.3 Å². The first-order valence-electron chi connectivity index (χ1n) is 15.5. The molecule has 0 saturated carbocycles. The average molecular weight is 645 g/mol. The molecule has 7 nitrogen and oxygen atoms in total. The predicted octanol–water partition coefficient (Wildman–Crippen LogP) is 7.36. The maximum atomic E-state index is 14.6. The first-order valence-corrected chi connectivity index (χ1v) is 15.5. The number of alkyl halides is 4. The highest BCUT2D eigenvalue weighted by Gasteiger charge is 2.57. The molecule has 0 fully saturated rings. The fourth-order valence-electron chi connectivity index (χ4n) is 6.41. The Hall–Kier alpha value is -3.70. The number of hydrogen-bond donors (Lipinski definition) is 3. The van der Waals surface area contributed by atoms with Crippen molar-refractivity contribution < 1.29 is 32.2 Å². The third kappa shape index (κ3) is 7.63. The largest absolute Gasteiger partial charge is 0.497 e. The van der Waals surface area contributed by atoms with Gasteiger partial charge in [0.1, 0.15) is 17.7 Å². The van der Waals surface area contributed by atoms with Gasteiger partial charge in [-0.3, -0.25) is 4.79 Å². The van der Waals surface area contributed by atoms with Gasteiger partial charge in [-0.25, -0.2) is 9.07 Å². The molecular weight excluding hydrogens is 600 g/mol. The number of ketones is 1. The highest BCUT2D eigenvalue weighted by atomic mass is 19.4. The number of carbonyl (C=O) groups excluding carboxylic acids is 1. The van der Waals surface area contributed by atoms with Gasteiger partial charge in [0, 0.05) is 30.0 Å². The number of Topliss-reactive ketones (excluding diaryl/α,β-unsaturated/α-hetero) is 1. The van der Waals surface area contributed by atoms with Gasteiger partial charge in [0.15, 0.2) is 5.60 Å². The lowest BCUT2D eigenvalue weighted by molar-refractivity contribution is -0.262. The molecule has 2 aromatic carbocycles. The van der Waals surface area contributed by atoms with Gasteiger partial charge in [-0.1, -0.05) is 39.8 Å². The normalized spacial score (nSPS) is 18.6. The number of aliphatic hydroxyl groups is 1. The van der Waals surface area contributed by atoms with Crippen molar-refractivity contribution in [1.29, 1.82) is 0 Å². The van der Waals surface area contributed by atoms with Crippen LogP contribution in [0.3, 0.4) is 0 Å². The van der Waals surface area contributed by atoms with E-state index in [-0.39, 0.29) is 12.3 Å². The van der Waals surface area contributed by atoms with Crippen LogP contribution in [-0.4, -0.2) is 58.8 Å². The fourth-order valence-corrected chi connectivity index (χ4v) is 6.41. The van der Waals surface area contributed by atoms with Crippen LogP contribution in [0.4, 0.5) is 23.2 Å². The number of nitrogens with zero attached hydrogens (tertiary/aromatic N) is 2. The third-order valence-corrected chi connectivity index (χ3v) is 8.58. The molecule has 11 heteroatoms. The van der Waals surface area contributed by atoms with Crippen molar-refractivity contribution in [3.05, 3.63) is 77.2 Å². The smallest absolute Gasteiger partial charge is 0.418 e. The van der Waals surface area contributed by atoms with Crippen molar-refractivity contribution in [3.8, 4) is 5.69 Å². The van der Waals surface area contributed by atoms with Gasteiger partial charge in [0.05, 0.1) is 37.6 Å². The van der Waals surface area contributed by atoms with E-state index in [0.717, 1.165) is 23.2 Å². The summed E-state index contributed by atoms with van der Waals surface area (Å²) in [5.74, 6) is -0.263. The first-order chi connectivity index (χ1) is 21.6. The number of carbonyl (C=O) groups is 1. The van der Waals surface area contributed by atoms with Crippen LogP contribution in [-0.2, 0) is 16.1 Å². The van der Waals surface area contributed by atoms with Crippen molar-refractivity contribution in [2.24, 2.45) is 11.3 Å². The van der Waals surface area contributed by atoms with E-state index in [1.54, 1.807) is 37.7 Å². The molecule has 3 atom stereocenters. The van der Waals surface area contributed by atoms with Gasteiger partial charge >= 0.3 is 6.18 Å². The quantitative estimate of drug-likeness (QED) is 0.159. The molecule has 46 heavy (non-hydrogen) atoms. The minimum absolute atomic E-state index is 0.152. The second kappa shape index (κ2) is 14.0. The zero-order chi connectivity index (χ0) is 33.9. The van der Waals surface area contributed by atoms with Crippen LogP contribution >= 0.6 is 0 Å². The zero-order valence-electron chi connectivity index (χ0n) is 27.3. The molecule has 0 saturated heterocycles. The summed E-state index contributed by atoms with van der Waals surface area (Å²) in [5, 5.41) is 22.4. The Labute approximate surface area is 267 Å². The summed E-state index contributed by atoms with van der Waals surface area (Å²) >= 11 is 0. The average Bonchev–Trinajstić information content (AvgIpc) is 3.40. The lowest BCUT2D eigenvalue weighted by Crippen LogP contribution is -2.53. The number of anilines is 1. The molecule has 0 aliphatic heterocycles. The molecule has 3 unspecified atom stereocenters. The van der Waals surface area contributed by atoms with Crippen molar-refractivity contribution in [3.63, 3.8) is 0 Å². The van der Waals surface area contributed by atoms with Gasteiger partial charge in [-0.05, 0) is 78.3 Å². The molecule has 0 radical (unpaired) electrons. The summed E-state index contributed by atoms with van der Waals surface area (Å²) in [6.07, 6.45) is -1.41. The summed E-state index contributed by atoms with van der Waals surface area (Å²) < 4.78 is 65.6. The van der Waals surface area contributed by atoms with E-state index in [4.69, 9.17) is 4.74 Å². The Morgan fingerprint density at radius 2 is 1.91 bits per heavy atom. The zero-order valence-corrected chi connectivity index (χ0v) is 27.3. The Balaban J connectivity index is 1.60. The molecule has 1 aliphatic rings. The molecule has 1 aromatic heterocycles. The predicted molar refractivity (Wildman–Crippen MR) is 173 cm³/mol. The summed E-state index contributed by atoms with van der Waals surface area (Å²) in [4.78, 5) is 11.9. The van der Waals surface area contributed by atoms with Crippen LogP contribution in [0.1, 0.15) is 58.1 Å². The minimum Gasteiger partial charge on any atom is -0.497 e. The summed E-state index contributed by atoms with van der Waals surface area (Å²) in [6, 6.07) is 11.3. The molecule has 4 rings (SSSR count). The lowest BCUT2D eigenvalue weighted by atomic mass is 9.68. The van der Waals surface area contributed by atoms with Gasteiger partial charge in [-0.15, -0.1) is 0 Å². The van der Waals surface area contributed by atoms with E-state index in [2.05, 4.69) is 15.7 Å². The molecule has 1 heterocycles. The van der Waals surface area contributed by atoms with E-state index < -0.39 is 42.2 Å². The fraction of sp³-hybridized carbons (Fsp3) is 0.486. The van der Waals surface area contributed by atoms with Crippen molar-refractivity contribution in [2.45, 2.75) is 78.4 Å². The van der Waals surface area contributed by atoms with Crippen molar-refractivity contribution >= 4 is 22.4 Å². The Kier molecular flexibility index (Phi) is 10.7. The monoisotopic (exact) mass is 644 g/mol. The van der Waals surface area contributed by atoms with Crippen LogP contribution in [0, 0.1) is 18.3 Å². The Morgan fingerprint density at radius 3 is 2.59 bits per heavy atom. The van der Waals surface area contributed by atoms with E-state index in [1.807, 2.05) is 44.2 Å². The molecule has 0 amide bonds. The number of hydrogen-bond acceptors (Lipinski definition) is 6. The highest BCUT2D eigenvalue weighted by Crippen LogP contribution is 2.48. The first kappa shape index (κ1) is 35.2. The second-order valence-electron chi connectivity index (χ2n) is 12.9. The summed E-state index contributed by atoms with van der Waals surface area (Å²) in [6.45, 7) is 8.49. The van der Waals surface area contributed by atoms with Crippen LogP contribution in [0.2, 0.25) is 0 Å². The maximum absolute atomic E-state index is 14.6. The number of aromatic nitrogens is 2. The number of fused-ring (bicyclic) bond motifs is 1. The van der Waals surface area contributed by atoms with E-state index in [1.165, 1.54) is 19.3 Å². The number of ether oxygens (including phenoxy) is 1. The van der Waals surface area contributed by atoms with Gasteiger partial charge in [0.25, 0.3) is 0 Å². The van der Waals surface area contributed by atoms with Gasteiger partial charge < -0.3 is 20.5 Å². The van der Waals surface area contributed by atoms with E-state index in [9.17, 15) is 27.5 Å². The van der Waals surface area contributed by atoms with Crippen LogP contribution < -0.4 is 10.6 Å². The molecule has 0 bridgehead atoms. The van der Waals surface area contributed by atoms with Gasteiger partial charge in [0.2, 0.25) is 0 Å². The number of nitrogens with one attached hydrogen (secondary N) is 2. The minimum atomic E-state index is -4.99. The Bertz CT molecular complexity index is 1610. The number of aryl methyl sites for hydroxylation is 1.